The molecule has 2 aliphatic rings. The molecule has 23 heavy (non-hydrogen) atoms. The third-order valence-electron chi connectivity index (χ3n) is 4.56. The van der Waals surface area contributed by atoms with E-state index in [4.69, 9.17) is 23.2 Å². The fourth-order valence-electron chi connectivity index (χ4n) is 3.35. The van der Waals surface area contributed by atoms with E-state index in [1.165, 1.54) is 10.4 Å². The van der Waals surface area contributed by atoms with E-state index in [9.17, 15) is 4.79 Å². The molecule has 0 bridgehead atoms. The van der Waals surface area contributed by atoms with E-state index in [-0.39, 0.29) is 12.1 Å². The van der Waals surface area contributed by atoms with Gasteiger partial charge in [0, 0.05) is 20.5 Å². The molecule has 0 fully saturated rings. The van der Waals surface area contributed by atoms with Crippen molar-refractivity contribution in [2.24, 2.45) is 5.92 Å². The number of hydrogen-bond donors (Lipinski definition) is 2. The van der Waals surface area contributed by atoms with Gasteiger partial charge in [-0.05, 0) is 42.9 Å². The fraction of sp³-hybridized carbons (Fsp3) is 0.353. The number of rotatable bonds is 1. The van der Waals surface area contributed by atoms with Crippen LogP contribution in [-0.2, 0) is 12.8 Å². The van der Waals surface area contributed by atoms with E-state index in [1.54, 1.807) is 23.5 Å². The summed E-state index contributed by atoms with van der Waals surface area (Å²) in [6, 6.07) is 5.33. The molecule has 2 atom stereocenters. The number of amides is 1. The summed E-state index contributed by atoms with van der Waals surface area (Å²) in [5, 5.41) is 8.56. The van der Waals surface area contributed by atoms with Crippen LogP contribution in [0.2, 0.25) is 10.0 Å². The van der Waals surface area contributed by atoms with Gasteiger partial charge in [0.2, 0.25) is 0 Å². The van der Waals surface area contributed by atoms with Crippen molar-refractivity contribution in [2.75, 3.05) is 5.32 Å². The molecule has 6 heteroatoms. The van der Waals surface area contributed by atoms with Crippen LogP contribution in [-0.4, -0.2) is 5.91 Å². The summed E-state index contributed by atoms with van der Waals surface area (Å²) in [4.78, 5) is 14.0. The monoisotopic (exact) mass is 366 g/mol. The first kappa shape index (κ1) is 15.3. The smallest absolute Gasteiger partial charge is 0.256 e. The highest BCUT2D eigenvalue weighted by Crippen LogP contribution is 2.43. The molecule has 1 aromatic heterocycles. The number of carbonyl (C=O) groups is 1. The van der Waals surface area contributed by atoms with Crippen molar-refractivity contribution in [3.63, 3.8) is 0 Å². The molecule has 120 valence electrons. The zero-order valence-corrected chi connectivity index (χ0v) is 14.9. The number of anilines is 1. The second kappa shape index (κ2) is 5.69. The molecule has 3 nitrogen and oxygen atoms in total. The molecule has 1 aliphatic carbocycles. The van der Waals surface area contributed by atoms with Crippen LogP contribution in [0.1, 0.15) is 45.9 Å². The first-order chi connectivity index (χ1) is 11.0. The van der Waals surface area contributed by atoms with Crippen LogP contribution in [0.5, 0.6) is 0 Å². The van der Waals surface area contributed by atoms with E-state index in [0.717, 1.165) is 35.4 Å². The summed E-state index contributed by atoms with van der Waals surface area (Å²) in [7, 11) is 0. The molecule has 1 amide bonds. The summed E-state index contributed by atoms with van der Waals surface area (Å²) in [6.45, 7) is 2.27. The third-order valence-corrected chi connectivity index (χ3v) is 6.31. The van der Waals surface area contributed by atoms with Crippen molar-refractivity contribution in [2.45, 2.75) is 32.4 Å². The van der Waals surface area contributed by atoms with Crippen LogP contribution in [0.3, 0.4) is 0 Å². The molecule has 0 saturated carbocycles. The normalized spacial score (nSPS) is 22.8. The summed E-state index contributed by atoms with van der Waals surface area (Å²) in [6.07, 6.45) is 2.88. The topological polar surface area (TPSA) is 41.1 Å². The highest BCUT2D eigenvalue weighted by atomic mass is 35.5. The lowest BCUT2D eigenvalue weighted by molar-refractivity contribution is 0.0935. The van der Waals surface area contributed by atoms with Crippen LogP contribution in [0.25, 0.3) is 0 Å². The van der Waals surface area contributed by atoms with Gasteiger partial charge in [0.1, 0.15) is 11.2 Å². The van der Waals surface area contributed by atoms with E-state index < -0.39 is 0 Å². The zero-order chi connectivity index (χ0) is 16.1. The molecular weight excluding hydrogens is 351 g/mol. The fourth-order valence-corrected chi connectivity index (χ4v) is 5.31. The Hall–Kier alpha value is -1.23. The number of thiophene rings is 1. The molecule has 2 aromatic rings. The summed E-state index contributed by atoms with van der Waals surface area (Å²) in [5.74, 6) is 0.675. The van der Waals surface area contributed by atoms with Crippen LogP contribution >= 0.6 is 34.5 Å². The summed E-state index contributed by atoms with van der Waals surface area (Å²) in [5.41, 5.74) is 2.89. The molecule has 2 N–H and O–H groups in total. The van der Waals surface area contributed by atoms with E-state index in [2.05, 4.69) is 17.6 Å². The number of benzene rings is 1. The second-order valence-electron chi connectivity index (χ2n) is 6.27. The Balaban J connectivity index is 1.71. The van der Waals surface area contributed by atoms with Gasteiger partial charge < -0.3 is 10.6 Å². The van der Waals surface area contributed by atoms with Crippen LogP contribution in [0.4, 0.5) is 5.00 Å². The predicted molar refractivity (Wildman–Crippen MR) is 95.8 cm³/mol. The van der Waals surface area contributed by atoms with Crippen molar-refractivity contribution < 1.29 is 4.79 Å². The number of halogens is 2. The van der Waals surface area contributed by atoms with Gasteiger partial charge in [-0.1, -0.05) is 36.2 Å². The summed E-state index contributed by atoms with van der Waals surface area (Å²) < 4.78 is 0. The SMILES string of the molecule is C[C@H]1CCc2c(sc3c2C(=O)N[C@@H](c2ccc(Cl)cc2Cl)N3)C1. The maximum atomic E-state index is 12.6. The predicted octanol–water partition coefficient (Wildman–Crippen LogP) is 5.03. The number of fused-ring (bicyclic) bond motifs is 3. The molecule has 4 rings (SSSR count). The summed E-state index contributed by atoms with van der Waals surface area (Å²) >= 11 is 14.0. The minimum absolute atomic E-state index is 0.0122. The average molecular weight is 367 g/mol. The minimum atomic E-state index is -0.322. The lowest BCUT2D eigenvalue weighted by atomic mass is 9.88. The highest BCUT2D eigenvalue weighted by Gasteiger charge is 2.33. The van der Waals surface area contributed by atoms with E-state index in [0.29, 0.717) is 16.0 Å². The van der Waals surface area contributed by atoms with Crippen molar-refractivity contribution in [1.82, 2.24) is 5.32 Å². The maximum Gasteiger partial charge on any atom is 0.256 e. The third kappa shape index (κ3) is 2.63. The van der Waals surface area contributed by atoms with Gasteiger partial charge in [0.05, 0.1) is 5.56 Å². The second-order valence-corrected chi connectivity index (χ2v) is 8.22. The molecule has 1 aliphatic heterocycles. The molecule has 0 unspecified atom stereocenters. The van der Waals surface area contributed by atoms with Gasteiger partial charge in [0.15, 0.2) is 0 Å². The van der Waals surface area contributed by atoms with Crippen LogP contribution in [0, 0.1) is 5.92 Å². The van der Waals surface area contributed by atoms with Gasteiger partial charge in [-0.25, -0.2) is 0 Å². The first-order valence-corrected chi connectivity index (χ1v) is 9.27. The van der Waals surface area contributed by atoms with E-state index >= 15 is 0 Å². The minimum Gasteiger partial charge on any atom is -0.353 e. The highest BCUT2D eigenvalue weighted by molar-refractivity contribution is 7.16. The lowest BCUT2D eigenvalue weighted by Crippen LogP contribution is -2.38. The van der Waals surface area contributed by atoms with Gasteiger partial charge in [-0.2, -0.15) is 0 Å². The molecular formula is C17H16Cl2N2OS. The van der Waals surface area contributed by atoms with Crippen molar-refractivity contribution in [3.8, 4) is 0 Å². The lowest BCUT2D eigenvalue weighted by Gasteiger charge is -2.27. The Bertz CT molecular complexity index is 802. The van der Waals surface area contributed by atoms with Crippen LogP contribution in [0.15, 0.2) is 18.2 Å². The van der Waals surface area contributed by atoms with Gasteiger partial charge in [-0.15, -0.1) is 11.3 Å². The standard InChI is InChI=1S/C17H16Cl2N2OS/c1-8-2-4-11-13(6-8)23-17-14(11)16(22)20-15(21-17)10-5-3-9(18)7-12(10)19/h3,5,7-8,15,21H,2,4,6H2,1H3,(H,20,22)/t8-,15+/m0/s1. The molecule has 1 aromatic carbocycles. The Morgan fingerprint density at radius 1 is 1.26 bits per heavy atom. The maximum absolute atomic E-state index is 12.6. The largest absolute Gasteiger partial charge is 0.353 e. The molecule has 0 radical (unpaired) electrons. The van der Waals surface area contributed by atoms with Crippen molar-refractivity contribution in [1.29, 1.82) is 0 Å². The van der Waals surface area contributed by atoms with Gasteiger partial charge in [-0.3, -0.25) is 4.79 Å². The average Bonchev–Trinajstić information content (AvgIpc) is 2.84. The zero-order valence-electron chi connectivity index (χ0n) is 12.6. The number of carbonyl (C=O) groups excluding carboxylic acids is 1. The van der Waals surface area contributed by atoms with Gasteiger partial charge >= 0.3 is 0 Å². The number of hydrogen-bond acceptors (Lipinski definition) is 3. The Morgan fingerprint density at radius 2 is 2.09 bits per heavy atom. The number of nitrogens with one attached hydrogen (secondary N) is 2. The Labute approximate surface area is 149 Å². The first-order valence-electron chi connectivity index (χ1n) is 7.70. The molecule has 0 spiro atoms. The van der Waals surface area contributed by atoms with Crippen LogP contribution < -0.4 is 10.6 Å². The Morgan fingerprint density at radius 3 is 2.87 bits per heavy atom. The quantitative estimate of drug-likeness (QED) is 0.742. The molecule has 2 heterocycles. The van der Waals surface area contributed by atoms with Crippen molar-refractivity contribution in [3.05, 3.63) is 49.8 Å². The van der Waals surface area contributed by atoms with E-state index in [1.807, 2.05) is 6.07 Å². The molecule has 0 saturated heterocycles. The van der Waals surface area contributed by atoms with Crippen molar-refractivity contribution >= 4 is 45.4 Å². The Kier molecular flexibility index (Phi) is 3.79. The van der Waals surface area contributed by atoms with Gasteiger partial charge in [0.25, 0.3) is 5.91 Å².